The second kappa shape index (κ2) is 6.64. The van der Waals surface area contributed by atoms with E-state index in [4.69, 9.17) is 12.2 Å². The predicted octanol–water partition coefficient (Wildman–Crippen LogP) is 1.92. The summed E-state index contributed by atoms with van der Waals surface area (Å²) in [7, 11) is 0. The van der Waals surface area contributed by atoms with Gasteiger partial charge in [0.15, 0.2) is 0 Å². The molecule has 0 radical (unpaired) electrons. The third kappa shape index (κ3) is 5.65. The Balaban J connectivity index is 2.98. The Kier molecular flexibility index (Phi) is 6.32. The van der Waals surface area contributed by atoms with Crippen molar-refractivity contribution in [2.75, 3.05) is 0 Å². The fourth-order valence-electron chi connectivity index (χ4n) is 0.838. The average molecular weight is 139 g/mol. The topological polar surface area (TPSA) is 26.0 Å². The minimum Gasteiger partial charge on any atom is -0.328 e. The fourth-order valence-corrected chi connectivity index (χ4v) is 0.838. The van der Waals surface area contributed by atoms with E-state index in [0.29, 0.717) is 6.04 Å². The van der Waals surface area contributed by atoms with E-state index in [1.807, 2.05) is 0 Å². The summed E-state index contributed by atoms with van der Waals surface area (Å²) in [6.45, 7) is 2.12. The van der Waals surface area contributed by atoms with Crippen molar-refractivity contribution in [3.8, 4) is 12.3 Å². The third-order valence-corrected chi connectivity index (χ3v) is 1.67. The highest BCUT2D eigenvalue weighted by Gasteiger charge is 1.96. The lowest BCUT2D eigenvalue weighted by Gasteiger charge is -2.05. The summed E-state index contributed by atoms with van der Waals surface area (Å²) in [5, 5.41) is 0. The van der Waals surface area contributed by atoms with Crippen molar-refractivity contribution in [3.05, 3.63) is 0 Å². The highest BCUT2D eigenvalue weighted by molar-refractivity contribution is 4.82. The molecule has 0 aliphatic heterocycles. The van der Waals surface area contributed by atoms with Crippen molar-refractivity contribution < 1.29 is 0 Å². The first-order valence-corrected chi connectivity index (χ1v) is 4.00. The summed E-state index contributed by atoms with van der Waals surface area (Å²) < 4.78 is 0. The van der Waals surface area contributed by atoms with E-state index >= 15 is 0 Å². The average Bonchev–Trinajstić information content (AvgIpc) is 1.98. The van der Waals surface area contributed by atoms with Gasteiger partial charge in [0.25, 0.3) is 0 Å². The first-order valence-electron chi connectivity index (χ1n) is 4.00. The fraction of sp³-hybridized carbons (Fsp3) is 0.778. The molecule has 58 valence electrons. The standard InChI is InChI=1S/C9H17N/c1-3-5-6-7-8-9(10)4-2/h1,9H,4-8,10H2,2H3. The van der Waals surface area contributed by atoms with Crippen LogP contribution < -0.4 is 5.73 Å². The first kappa shape index (κ1) is 9.52. The molecule has 0 aliphatic carbocycles. The molecule has 0 fully saturated rings. The summed E-state index contributed by atoms with van der Waals surface area (Å²) in [4.78, 5) is 0. The van der Waals surface area contributed by atoms with Crippen molar-refractivity contribution in [2.45, 2.75) is 45.1 Å². The molecule has 0 saturated heterocycles. The van der Waals surface area contributed by atoms with Crippen LogP contribution >= 0.6 is 0 Å². The maximum atomic E-state index is 5.70. The second-order valence-electron chi connectivity index (χ2n) is 2.62. The van der Waals surface area contributed by atoms with Crippen LogP contribution in [0.1, 0.15) is 39.0 Å². The van der Waals surface area contributed by atoms with Crippen molar-refractivity contribution in [2.24, 2.45) is 5.73 Å². The molecule has 1 atom stereocenters. The molecular weight excluding hydrogens is 122 g/mol. The molecule has 0 aromatic carbocycles. The molecular formula is C9H17N. The molecule has 0 spiro atoms. The summed E-state index contributed by atoms with van der Waals surface area (Å²) in [6, 6.07) is 0.387. The molecule has 0 bridgehead atoms. The maximum absolute atomic E-state index is 5.70. The van der Waals surface area contributed by atoms with Crippen LogP contribution in [-0.2, 0) is 0 Å². The van der Waals surface area contributed by atoms with Crippen LogP contribution in [0.15, 0.2) is 0 Å². The number of hydrogen-bond donors (Lipinski definition) is 1. The Morgan fingerprint density at radius 1 is 1.50 bits per heavy atom. The predicted molar refractivity (Wildman–Crippen MR) is 45.6 cm³/mol. The molecule has 0 heterocycles. The molecule has 0 aromatic heterocycles. The normalized spacial score (nSPS) is 12.5. The van der Waals surface area contributed by atoms with Gasteiger partial charge in [0.1, 0.15) is 0 Å². The number of rotatable bonds is 5. The highest BCUT2D eigenvalue weighted by atomic mass is 14.6. The third-order valence-electron chi connectivity index (χ3n) is 1.67. The van der Waals surface area contributed by atoms with Gasteiger partial charge in [0.05, 0.1) is 0 Å². The van der Waals surface area contributed by atoms with Crippen LogP contribution in [0.2, 0.25) is 0 Å². The van der Waals surface area contributed by atoms with E-state index in [-0.39, 0.29) is 0 Å². The van der Waals surface area contributed by atoms with Crippen LogP contribution in [0.5, 0.6) is 0 Å². The SMILES string of the molecule is C#CCCCCC(N)CC. The largest absolute Gasteiger partial charge is 0.328 e. The highest BCUT2D eigenvalue weighted by Crippen LogP contribution is 2.03. The quantitative estimate of drug-likeness (QED) is 0.457. The van der Waals surface area contributed by atoms with Gasteiger partial charge < -0.3 is 5.73 Å². The molecule has 0 amide bonds. The van der Waals surface area contributed by atoms with Crippen molar-refractivity contribution in [1.82, 2.24) is 0 Å². The lowest BCUT2D eigenvalue weighted by atomic mass is 10.1. The minimum absolute atomic E-state index is 0.387. The van der Waals surface area contributed by atoms with Crippen molar-refractivity contribution in [3.63, 3.8) is 0 Å². The smallest absolute Gasteiger partial charge is 0.00860 e. The molecule has 1 heteroatoms. The Morgan fingerprint density at radius 3 is 2.70 bits per heavy atom. The van der Waals surface area contributed by atoms with Gasteiger partial charge in [-0.05, 0) is 19.3 Å². The van der Waals surface area contributed by atoms with Gasteiger partial charge in [0, 0.05) is 12.5 Å². The molecule has 2 N–H and O–H groups in total. The van der Waals surface area contributed by atoms with E-state index in [9.17, 15) is 0 Å². The molecule has 0 rings (SSSR count). The Labute approximate surface area is 64.0 Å². The summed E-state index contributed by atoms with van der Waals surface area (Å²) in [5.41, 5.74) is 5.70. The van der Waals surface area contributed by atoms with E-state index in [0.717, 1.165) is 25.7 Å². The van der Waals surface area contributed by atoms with Crippen LogP contribution in [0.25, 0.3) is 0 Å². The first-order chi connectivity index (χ1) is 4.81. The van der Waals surface area contributed by atoms with Gasteiger partial charge in [-0.2, -0.15) is 0 Å². The molecule has 10 heavy (non-hydrogen) atoms. The Morgan fingerprint density at radius 2 is 2.20 bits per heavy atom. The lowest BCUT2D eigenvalue weighted by Crippen LogP contribution is -2.17. The van der Waals surface area contributed by atoms with E-state index in [1.165, 1.54) is 6.42 Å². The van der Waals surface area contributed by atoms with Gasteiger partial charge >= 0.3 is 0 Å². The molecule has 0 aromatic rings. The molecule has 1 unspecified atom stereocenters. The lowest BCUT2D eigenvalue weighted by molar-refractivity contribution is 0.555. The number of hydrogen-bond acceptors (Lipinski definition) is 1. The molecule has 0 aliphatic rings. The Bertz CT molecular complexity index is 102. The second-order valence-corrected chi connectivity index (χ2v) is 2.62. The Hall–Kier alpha value is -0.480. The van der Waals surface area contributed by atoms with Crippen LogP contribution in [0.4, 0.5) is 0 Å². The monoisotopic (exact) mass is 139 g/mol. The van der Waals surface area contributed by atoms with Crippen molar-refractivity contribution >= 4 is 0 Å². The van der Waals surface area contributed by atoms with E-state index < -0.39 is 0 Å². The zero-order valence-electron chi connectivity index (χ0n) is 6.77. The summed E-state index contributed by atoms with van der Waals surface area (Å²) in [5.74, 6) is 2.62. The van der Waals surface area contributed by atoms with E-state index in [1.54, 1.807) is 0 Å². The number of unbranched alkanes of at least 4 members (excludes halogenated alkanes) is 2. The zero-order chi connectivity index (χ0) is 7.82. The van der Waals surface area contributed by atoms with Gasteiger partial charge in [-0.25, -0.2) is 0 Å². The maximum Gasteiger partial charge on any atom is 0.00860 e. The molecule has 0 saturated carbocycles. The van der Waals surface area contributed by atoms with E-state index in [2.05, 4.69) is 12.8 Å². The van der Waals surface area contributed by atoms with Crippen LogP contribution in [0, 0.1) is 12.3 Å². The van der Waals surface area contributed by atoms with Gasteiger partial charge in [-0.3, -0.25) is 0 Å². The van der Waals surface area contributed by atoms with Crippen LogP contribution in [-0.4, -0.2) is 6.04 Å². The van der Waals surface area contributed by atoms with Crippen molar-refractivity contribution in [1.29, 1.82) is 0 Å². The summed E-state index contributed by atoms with van der Waals surface area (Å²) >= 11 is 0. The minimum atomic E-state index is 0.387. The number of terminal acetylenes is 1. The van der Waals surface area contributed by atoms with Crippen LogP contribution in [0.3, 0.4) is 0 Å². The van der Waals surface area contributed by atoms with Gasteiger partial charge in [-0.15, -0.1) is 12.3 Å². The zero-order valence-corrected chi connectivity index (χ0v) is 6.77. The summed E-state index contributed by atoms with van der Waals surface area (Å²) in [6.07, 6.45) is 10.5. The van der Waals surface area contributed by atoms with Gasteiger partial charge in [0.2, 0.25) is 0 Å². The number of nitrogens with two attached hydrogens (primary N) is 1. The van der Waals surface area contributed by atoms with Gasteiger partial charge in [-0.1, -0.05) is 13.3 Å². The molecule has 1 nitrogen and oxygen atoms in total.